The molecule has 0 saturated carbocycles. The summed E-state index contributed by atoms with van der Waals surface area (Å²) in [5, 5.41) is 2.75. The quantitative estimate of drug-likeness (QED) is 0.690. The first-order chi connectivity index (χ1) is 12.2. The van der Waals surface area contributed by atoms with Crippen LogP contribution in [0.25, 0.3) is 6.08 Å². The minimum absolute atomic E-state index is 0.248. The fraction of sp³-hybridized carbons (Fsp3) is 0. The summed E-state index contributed by atoms with van der Waals surface area (Å²) in [6.45, 7) is 0. The highest BCUT2D eigenvalue weighted by Crippen LogP contribution is 2.23. The number of pyridine rings is 1. The third kappa shape index (κ3) is 5.00. The molecule has 0 aliphatic heterocycles. The Morgan fingerprint density at radius 1 is 1.04 bits per heavy atom. The summed E-state index contributed by atoms with van der Waals surface area (Å²) in [6.07, 6.45) is 6.46. The molecule has 1 heterocycles. The van der Waals surface area contributed by atoms with Gasteiger partial charge in [-0.25, -0.2) is 4.39 Å². The molecule has 124 valence electrons. The van der Waals surface area contributed by atoms with Crippen LogP contribution in [0.5, 0.6) is 11.5 Å². The molecule has 2 aromatic carbocycles. The second-order valence-corrected chi connectivity index (χ2v) is 5.19. The van der Waals surface area contributed by atoms with Crippen molar-refractivity contribution in [2.24, 2.45) is 0 Å². The molecular weight excluding hydrogens is 319 g/mol. The number of carbonyl (C=O) groups excluding carboxylic acids is 1. The first kappa shape index (κ1) is 16.4. The van der Waals surface area contributed by atoms with E-state index in [9.17, 15) is 9.18 Å². The fourth-order valence-corrected chi connectivity index (χ4v) is 2.10. The highest BCUT2D eigenvalue weighted by atomic mass is 19.1. The molecule has 0 spiro atoms. The summed E-state index contributed by atoms with van der Waals surface area (Å²) in [4.78, 5) is 15.9. The Labute approximate surface area is 144 Å². The zero-order valence-electron chi connectivity index (χ0n) is 13.2. The van der Waals surface area contributed by atoms with Crippen molar-refractivity contribution in [1.29, 1.82) is 0 Å². The molecule has 4 nitrogen and oxygen atoms in total. The van der Waals surface area contributed by atoms with E-state index in [1.807, 2.05) is 6.07 Å². The van der Waals surface area contributed by atoms with Crippen molar-refractivity contribution >= 4 is 17.7 Å². The summed E-state index contributed by atoms with van der Waals surface area (Å²) < 4.78 is 18.7. The van der Waals surface area contributed by atoms with E-state index >= 15 is 0 Å². The lowest BCUT2D eigenvalue weighted by Crippen LogP contribution is -2.07. The van der Waals surface area contributed by atoms with Gasteiger partial charge in [-0.3, -0.25) is 9.78 Å². The topological polar surface area (TPSA) is 51.2 Å². The number of aromatic nitrogens is 1. The molecule has 0 bridgehead atoms. The lowest BCUT2D eigenvalue weighted by Gasteiger charge is -2.07. The van der Waals surface area contributed by atoms with Crippen LogP contribution >= 0.6 is 0 Å². The Morgan fingerprint density at radius 2 is 1.88 bits per heavy atom. The molecule has 0 radical (unpaired) electrons. The number of nitrogens with one attached hydrogen (secondary N) is 1. The molecule has 0 fully saturated rings. The maximum Gasteiger partial charge on any atom is 0.248 e. The number of nitrogens with zero attached hydrogens (tertiary/aromatic N) is 1. The maximum atomic E-state index is 13.1. The van der Waals surface area contributed by atoms with Gasteiger partial charge in [-0.1, -0.05) is 12.1 Å². The Hall–Kier alpha value is -3.47. The van der Waals surface area contributed by atoms with Gasteiger partial charge in [0.15, 0.2) is 0 Å². The van der Waals surface area contributed by atoms with Crippen LogP contribution in [0.2, 0.25) is 0 Å². The first-order valence-corrected chi connectivity index (χ1v) is 7.62. The van der Waals surface area contributed by atoms with Crippen LogP contribution in [-0.4, -0.2) is 10.9 Å². The van der Waals surface area contributed by atoms with Crippen molar-refractivity contribution in [3.63, 3.8) is 0 Å². The van der Waals surface area contributed by atoms with Crippen LogP contribution in [0.1, 0.15) is 5.56 Å². The van der Waals surface area contributed by atoms with Gasteiger partial charge in [0.2, 0.25) is 5.91 Å². The summed E-state index contributed by atoms with van der Waals surface area (Å²) >= 11 is 0. The molecule has 0 aliphatic rings. The minimum Gasteiger partial charge on any atom is -0.457 e. The number of benzene rings is 2. The van der Waals surface area contributed by atoms with Gasteiger partial charge in [0.25, 0.3) is 0 Å². The molecule has 5 heteroatoms. The smallest absolute Gasteiger partial charge is 0.248 e. The largest absolute Gasteiger partial charge is 0.457 e. The third-order valence-corrected chi connectivity index (χ3v) is 3.27. The van der Waals surface area contributed by atoms with Crippen molar-refractivity contribution in [2.45, 2.75) is 0 Å². The highest BCUT2D eigenvalue weighted by Gasteiger charge is 2.01. The Bertz CT molecular complexity index is 878. The molecule has 0 unspecified atom stereocenters. The highest BCUT2D eigenvalue weighted by molar-refractivity contribution is 6.01. The number of carbonyl (C=O) groups is 1. The van der Waals surface area contributed by atoms with Crippen LogP contribution < -0.4 is 10.1 Å². The number of halogens is 1. The number of ether oxygens (including phenoxy) is 1. The van der Waals surface area contributed by atoms with Gasteiger partial charge < -0.3 is 10.1 Å². The van der Waals surface area contributed by atoms with E-state index in [1.54, 1.807) is 60.9 Å². The molecular formula is C20H15FN2O2. The van der Waals surface area contributed by atoms with Gasteiger partial charge in [-0.2, -0.15) is 0 Å². The molecule has 1 N–H and O–H groups in total. The van der Waals surface area contributed by atoms with E-state index in [1.165, 1.54) is 18.2 Å². The van der Waals surface area contributed by atoms with Gasteiger partial charge >= 0.3 is 0 Å². The van der Waals surface area contributed by atoms with Gasteiger partial charge in [-0.15, -0.1) is 0 Å². The van der Waals surface area contributed by atoms with E-state index in [4.69, 9.17) is 4.74 Å². The number of rotatable bonds is 5. The van der Waals surface area contributed by atoms with Crippen molar-refractivity contribution in [1.82, 2.24) is 4.98 Å². The van der Waals surface area contributed by atoms with Gasteiger partial charge in [0, 0.05) is 30.2 Å². The molecule has 1 amide bonds. The molecule has 1 aromatic heterocycles. The van der Waals surface area contributed by atoms with Crippen LogP contribution in [0.15, 0.2) is 79.1 Å². The molecule has 3 rings (SSSR count). The predicted octanol–water partition coefficient (Wildman–Crippen LogP) is 4.66. The van der Waals surface area contributed by atoms with E-state index in [0.717, 1.165) is 5.56 Å². The third-order valence-electron chi connectivity index (χ3n) is 3.27. The second kappa shape index (κ2) is 7.88. The standard InChI is InChI=1S/C20H15FN2O2/c21-16-4-1-5-19(13-16)25-18-9-7-17(8-10-18)23-20(24)11-6-15-3-2-12-22-14-15/h1-14H,(H,23,24)/b11-6+. The van der Waals surface area contributed by atoms with E-state index in [2.05, 4.69) is 10.3 Å². The van der Waals surface area contributed by atoms with Crippen molar-refractivity contribution in [3.8, 4) is 11.5 Å². The van der Waals surface area contributed by atoms with Gasteiger partial charge in [0.05, 0.1) is 0 Å². The average Bonchev–Trinajstić information content (AvgIpc) is 2.63. The first-order valence-electron chi connectivity index (χ1n) is 7.62. The van der Waals surface area contributed by atoms with Crippen molar-refractivity contribution in [2.75, 3.05) is 5.32 Å². The van der Waals surface area contributed by atoms with Crippen LogP contribution in [0.3, 0.4) is 0 Å². The fourth-order valence-electron chi connectivity index (χ4n) is 2.10. The van der Waals surface area contributed by atoms with Crippen LogP contribution in [0, 0.1) is 5.82 Å². The number of amides is 1. The summed E-state index contributed by atoms with van der Waals surface area (Å²) in [7, 11) is 0. The Morgan fingerprint density at radius 3 is 2.60 bits per heavy atom. The molecule has 3 aromatic rings. The Balaban J connectivity index is 1.59. The monoisotopic (exact) mass is 334 g/mol. The van der Waals surface area contributed by atoms with Crippen LogP contribution in [-0.2, 0) is 4.79 Å². The zero-order valence-corrected chi connectivity index (χ0v) is 13.2. The molecule has 25 heavy (non-hydrogen) atoms. The normalized spacial score (nSPS) is 10.6. The second-order valence-electron chi connectivity index (χ2n) is 5.19. The number of hydrogen-bond acceptors (Lipinski definition) is 3. The lowest BCUT2D eigenvalue weighted by atomic mass is 10.2. The van der Waals surface area contributed by atoms with Crippen molar-refractivity contribution < 1.29 is 13.9 Å². The number of anilines is 1. The predicted molar refractivity (Wildman–Crippen MR) is 94.8 cm³/mol. The van der Waals surface area contributed by atoms with Gasteiger partial charge in [-0.05, 0) is 54.1 Å². The SMILES string of the molecule is O=C(/C=C/c1cccnc1)Nc1ccc(Oc2cccc(F)c2)cc1. The number of hydrogen-bond donors (Lipinski definition) is 1. The van der Waals surface area contributed by atoms with Crippen molar-refractivity contribution in [3.05, 3.63) is 90.5 Å². The zero-order chi connectivity index (χ0) is 17.5. The van der Waals surface area contributed by atoms with Gasteiger partial charge in [0.1, 0.15) is 17.3 Å². The van der Waals surface area contributed by atoms with E-state index < -0.39 is 0 Å². The summed E-state index contributed by atoms with van der Waals surface area (Å²) in [5.74, 6) is 0.357. The van der Waals surface area contributed by atoms with E-state index in [-0.39, 0.29) is 11.7 Å². The summed E-state index contributed by atoms with van der Waals surface area (Å²) in [6, 6.07) is 16.4. The molecule has 0 saturated heterocycles. The molecule has 0 atom stereocenters. The van der Waals surface area contributed by atoms with Crippen LogP contribution in [0.4, 0.5) is 10.1 Å². The average molecular weight is 334 g/mol. The lowest BCUT2D eigenvalue weighted by molar-refractivity contribution is -0.111. The minimum atomic E-state index is -0.359. The van der Waals surface area contributed by atoms with E-state index in [0.29, 0.717) is 17.2 Å². The molecule has 0 aliphatic carbocycles. The Kier molecular flexibility index (Phi) is 5.16. The maximum absolute atomic E-state index is 13.1. The summed E-state index contributed by atoms with van der Waals surface area (Å²) in [5.41, 5.74) is 1.48.